The average Bonchev–Trinajstić information content (AvgIpc) is 2.39. The summed E-state index contributed by atoms with van der Waals surface area (Å²) in [6, 6.07) is 3.94. The van der Waals surface area contributed by atoms with E-state index in [9.17, 15) is 4.79 Å². The second-order valence-corrected chi connectivity index (χ2v) is 6.22. The molecule has 1 aromatic heterocycles. The predicted octanol–water partition coefficient (Wildman–Crippen LogP) is 3.30. The molecule has 1 amide bonds. The Bertz CT molecular complexity index is 434. The van der Waals surface area contributed by atoms with Crippen LogP contribution in [0.3, 0.4) is 0 Å². The highest BCUT2D eigenvalue weighted by atomic mass is 16.1. The number of hydrogen-bond acceptors (Lipinski definition) is 3. The SMILES string of the molecule is CC(C)CC(=O)Nc1ccc(N2CCC(C)CC2)cn1. The van der Waals surface area contributed by atoms with Crippen LogP contribution < -0.4 is 10.2 Å². The molecule has 4 heteroatoms. The van der Waals surface area contributed by atoms with Crippen molar-refractivity contribution in [3.8, 4) is 0 Å². The van der Waals surface area contributed by atoms with Gasteiger partial charge in [-0.15, -0.1) is 0 Å². The van der Waals surface area contributed by atoms with Crippen LogP contribution in [0.4, 0.5) is 11.5 Å². The summed E-state index contributed by atoms with van der Waals surface area (Å²) in [5.41, 5.74) is 1.15. The van der Waals surface area contributed by atoms with E-state index in [0.29, 0.717) is 18.2 Å². The molecule has 1 saturated heterocycles. The van der Waals surface area contributed by atoms with Crippen LogP contribution in [0.15, 0.2) is 18.3 Å². The van der Waals surface area contributed by atoms with Crippen molar-refractivity contribution in [3.63, 3.8) is 0 Å². The van der Waals surface area contributed by atoms with Crippen molar-refractivity contribution in [2.45, 2.75) is 40.0 Å². The molecule has 4 nitrogen and oxygen atoms in total. The van der Waals surface area contributed by atoms with Gasteiger partial charge in [0.1, 0.15) is 5.82 Å². The first-order valence-electron chi connectivity index (χ1n) is 7.55. The highest BCUT2D eigenvalue weighted by Crippen LogP contribution is 2.23. The number of pyridine rings is 1. The second-order valence-electron chi connectivity index (χ2n) is 6.22. The Morgan fingerprint density at radius 2 is 2.10 bits per heavy atom. The molecule has 0 aliphatic carbocycles. The Morgan fingerprint density at radius 1 is 1.40 bits per heavy atom. The van der Waals surface area contributed by atoms with Gasteiger partial charge >= 0.3 is 0 Å². The van der Waals surface area contributed by atoms with Crippen LogP contribution in [0, 0.1) is 11.8 Å². The van der Waals surface area contributed by atoms with Gasteiger partial charge in [0, 0.05) is 19.5 Å². The molecule has 0 saturated carbocycles. The molecule has 0 bridgehead atoms. The minimum absolute atomic E-state index is 0.0343. The number of amides is 1. The molecule has 1 aliphatic rings. The first-order chi connectivity index (χ1) is 9.54. The van der Waals surface area contributed by atoms with Gasteiger partial charge in [-0.3, -0.25) is 4.79 Å². The number of nitrogens with one attached hydrogen (secondary N) is 1. The third kappa shape index (κ3) is 4.22. The molecule has 110 valence electrons. The van der Waals surface area contributed by atoms with Crippen molar-refractivity contribution in [2.24, 2.45) is 11.8 Å². The van der Waals surface area contributed by atoms with E-state index < -0.39 is 0 Å². The van der Waals surface area contributed by atoms with E-state index in [1.165, 1.54) is 12.8 Å². The van der Waals surface area contributed by atoms with Crippen LogP contribution in [0.1, 0.15) is 40.0 Å². The number of hydrogen-bond donors (Lipinski definition) is 1. The summed E-state index contributed by atoms with van der Waals surface area (Å²) in [6.45, 7) is 8.58. The lowest BCUT2D eigenvalue weighted by Crippen LogP contribution is -2.32. The largest absolute Gasteiger partial charge is 0.370 e. The van der Waals surface area contributed by atoms with Crippen molar-refractivity contribution in [2.75, 3.05) is 23.3 Å². The molecule has 1 aliphatic heterocycles. The lowest BCUT2D eigenvalue weighted by atomic mass is 9.99. The van der Waals surface area contributed by atoms with Crippen LogP contribution in [-0.2, 0) is 4.79 Å². The number of rotatable bonds is 4. The number of carbonyl (C=O) groups excluding carboxylic acids is 1. The third-order valence-corrected chi connectivity index (χ3v) is 3.76. The minimum atomic E-state index is 0.0343. The second kappa shape index (κ2) is 6.73. The molecule has 2 heterocycles. The summed E-state index contributed by atoms with van der Waals surface area (Å²) in [5, 5.41) is 2.84. The zero-order chi connectivity index (χ0) is 14.5. The quantitative estimate of drug-likeness (QED) is 0.917. The molecule has 1 aromatic rings. The van der Waals surface area contributed by atoms with Gasteiger partial charge in [-0.2, -0.15) is 0 Å². The topological polar surface area (TPSA) is 45.2 Å². The summed E-state index contributed by atoms with van der Waals surface area (Å²) < 4.78 is 0. The van der Waals surface area contributed by atoms with Crippen LogP contribution in [0.2, 0.25) is 0 Å². The number of piperidine rings is 1. The average molecular weight is 275 g/mol. The zero-order valence-corrected chi connectivity index (χ0v) is 12.7. The summed E-state index contributed by atoms with van der Waals surface area (Å²) in [7, 11) is 0. The Kier molecular flexibility index (Phi) is 4.99. The van der Waals surface area contributed by atoms with Crippen molar-refractivity contribution >= 4 is 17.4 Å². The first-order valence-corrected chi connectivity index (χ1v) is 7.55. The van der Waals surface area contributed by atoms with Gasteiger partial charge < -0.3 is 10.2 Å². The molecule has 0 aromatic carbocycles. The Labute approximate surface area is 121 Å². The fraction of sp³-hybridized carbons (Fsp3) is 0.625. The van der Waals surface area contributed by atoms with E-state index in [1.54, 1.807) is 0 Å². The Morgan fingerprint density at radius 3 is 2.65 bits per heavy atom. The predicted molar refractivity (Wildman–Crippen MR) is 82.9 cm³/mol. The van der Waals surface area contributed by atoms with Gasteiger partial charge in [-0.25, -0.2) is 4.98 Å². The molecular weight excluding hydrogens is 250 g/mol. The van der Waals surface area contributed by atoms with Gasteiger partial charge in [-0.1, -0.05) is 20.8 Å². The highest BCUT2D eigenvalue weighted by Gasteiger charge is 2.16. The van der Waals surface area contributed by atoms with Crippen molar-refractivity contribution < 1.29 is 4.79 Å². The molecule has 20 heavy (non-hydrogen) atoms. The van der Waals surface area contributed by atoms with E-state index in [1.807, 2.05) is 32.2 Å². The summed E-state index contributed by atoms with van der Waals surface area (Å²) in [6.07, 6.45) is 4.88. The van der Waals surface area contributed by atoms with Crippen molar-refractivity contribution in [1.29, 1.82) is 0 Å². The maximum Gasteiger partial charge on any atom is 0.225 e. The lowest BCUT2D eigenvalue weighted by molar-refractivity contribution is -0.116. The fourth-order valence-electron chi connectivity index (χ4n) is 2.48. The fourth-order valence-corrected chi connectivity index (χ4v) is 2.48. The molecular formula is C16H25N3O. The van der Waals surface area contributed by atoms with Gasteiger partial charge in [-0.05, 0) is 36.8 Å². The molecule has 0 atom stereocenters. The zero-order valence-electron chi connectivity index (χ0n) is 12.7. The third-order valence-electron chi connectivity index (χ3n) is 3.76. The number of nitrogens with zero attached hydrogens (tertiary/aromatic N) is 2. The number of aromatic nitrogens is 1. The molecule has 2 rings (SSSR count). The van der Waals surface area contributed by atoms with Crippen molar-refractivity contribution in [1.82, 2.24) is 4.98 Å². The van der Waals surface area contributed by atoms with E-state index in [2.05, 4.69) is 22.1 Å². The van der Waals surface area contributed by atoms with Crippen LogP contribution >= 0.6 is 0 Å². The smallest absolute Gasteiger partial charge is 0.225 e. The Balaban J connectivity index is 1.91. The monoisotopic (exact) mass is 275 g/mol. The van der Waals surface area contributed by atoms with E-state index in [4.69, 9.17) is 0 Å². The summed E-state index contributed by atoms with van der Waals surface area (Å²) in [4.78, 5) is 18.4. The standard InChI is InChI=1S/C16H25N3O/c1-12(2)10-16(20)18-15-5-4-14(11-17-15)19-8-6-13(3)7-9-19/h4-5,11-13H,6-10H2,1-3H3,(H,17,18,20). The van der Waals surface area contributed by atoms with Gasteiger partial charge in [0.25, 0.3) is 0 Å². The highest BCUT2D eigenvalue weighted by molar-refractivity contribution is 5.89. The van der Waals surface area contributed by atoms with Gasteiger partial charge in [0.2, 0.25) is 5.91 Å². The maximum atomic E-state index is 11.7. The van der Waals surface area contributed by atoms with Crippen LogP contribution in [0.5, 0.6) is 0 Å². The van der Waals surface area contributed by atoms with E-state index in [0.717, 1.165) is 24.7 Å². The lowest BCUT2D eigenvalue weighted by Gasteiger charge is -2.31. The van der Waals surface area contributed by atoms with Gasteiger partial charge in [0.15, 0.2) is 0 Å². The molecule has 0 radical (unpaired) electrons. The van der Waals surface area contributed by atoms with E-state index >= 15 is 0 Å². The van der Waals surface area contributed by atoms with Crippen molar-refractivity contribution in [3.05, 3.63) is 18.3 Å². The molecule has 1 fully saturated rings. The summed E-state index contributed by atoms with van der Waals surface area (Å²) in [5.74, 6) is 1.87. The minimum Gasteiger partial charge on any atom is -0.370 e. The van der Waals surface area contributed by atoms with Crippen LogP contribution in [0.25, 0.3) is 0 Å². The number of carbonyl (C=O) groups is 1. The summed E-state index contributed by atoms with van der Waals surface area (Å²) >= 11 is 0. The van der Waals surface area contributed by atoms with Gasteiger partial charge in [0.05, 0.1) is 11.9 Å². The molecule has 0 unspecified atom stereocenters. The molecule has 0 spiro atoms. The van der Waals surface area contributed by atoms with Crippen LogP contribution in [-0.4, -0.2) is 24.0 Å². The Hall–Kier alpha value is -1.58. The van der Waals surface area contributed by atoms with E-state index in [-0.39, 0.29) is 5.91 Å². The molecule has 1 N–H and O–H groups in total. The first kappa shape index (κ1) is 14.8. The number of anilines is 2. The normalized spacial score (nSPS) is 16.5. The maximum absolute atomic E-state index is 11.7.